The van der Waals surface area contributed by atoms with Crippen LogP contribution in [0.5, 0.6) is 0 Å². The summed E-state index contributed by atoms with van der Waals surface area (Å²) in [6, 6.07) is 3.29. The van der Waals surface area contributed by atoms with Gasteiger partial charge >= 0.3 is 5.97 Å². The number of likely N-dealkylation sites (tertiary alicyclic amines) is 1. The summed E-state index contributed by atoms with van der Waals surface area (Å²) in [5.41, 5.74) is 0. The van der Waals surface area contributed by atoms with Gasteiger partial charge in [-0.25, -0.2) is 4.79 Å². The van der Waals surface area contributed by atoms with Crippen molar-refractivity contribution < 1.29 is 14.7 Å². The van der Waals surface area contributed by atoms with Crippen molar-refractivity contribution in [1.29, 1.82) is 0 Å². The molecule has 0 aromatic carbocycles. The molecule has 2 rings (SSSR count). The largest absolute Gasteiger partial charge is 0.480 e. The van der Waals surface area contributed by atoms with E-state index in [1.54, 1.807) is 11.3 Å². The van der Waals surface area contributed by atoms with E-state index in [2.05, 4.69) is 0 Å². The van der Waals surface area contributed by atoms with Crippen molar-refractivity contribution in [2.24, 2.45) is 0 Å². The van der Waals surface area contributed by atoms with E-state index in [1.165, 1.54) is 9.78 Å². The number of carboxylic acids is 1. The maximum Gasteiger partial charge on any atom is 0.326 e. The number of aryl methyl sites for hydroxylation is 1. The SMILES string of the molecule is Cc1ccc(CC(=O)N2CCCC[C@@H]2C(=O)O)s1. The van der Waals surface area contributed by atoms with E-state index in [9.17, 15) is 9.59 Å². The number of hydrogen-bond donors (Lipinski definition) is 1. The van der Waals surface area contributed by atoms with Crippen LogP contribution < -0.4 is 0 Å². The highest BCUT2D eigenvalue weighted by atomic mass is 32.1. The fraction of sp³-hybridized carbons (Fsp3) is 0.538. The Balaban J connectivity index is 2.04. The number of carbonyl (C=O) groups excluding carboxylic acids is 1. The van der Waals surface area contributed by atoms with E-state index >= 15 is 0 Å². The number of nitrogens with zero attached hydrogens (tertiary/aromatic N) is 1. The van der Waals surface area contributed by atoms with Crippen LogP contribution in [0.25, 0.3) is 0 Å². The van der Waals surface area contributed by atoms with Crippen molar-refractivity contribution in [3.63, 3.8) is 0 Å². The summed E-state index contributed by atoms with van der Waals surface area (Å²) in [6.45, 7) is 2.57. The monoisotopic (exact) mass is 267 g/mol. The minimum Gasteiger partial charge on any atom is -0.480 e. The number of hydrogen-bond acceptors (Lipinski definition) is 3. The molecule has 4 nitrogen and oxygen atoms in total. The molecule has 1 fully saturated rings. The van der Waals surface area contributed by atoms with Crippen LogP contribution in [0.3, 0.4) is 0 Å². The highest BCUT2D eigenvalue weighted by Gasteiger charge is 2.31. The molecule has 1 aromatic rings. The Kier molecular flexibility index (Phi) is 4.01. The van der Waals surface area contributed by atoms with Crippen LogP contribution in [0, 0.1) is 6.92 Å². The Morgan fingerprint density at radius 3 is 2.83 bits per heavy atom. The molecule has 18 heavy (non-hydrogen) atoms. The van der Waals surface area contributed by atoms with Crippen molar-refractivity contribution in [1.82, 2.24) is 4.90 Å². The summed E-state index contributed by atoms with van der Waals surface area (Å²) in [5, 5.41) is 9.14. The van der Waals surface area contributed by atoms with Crippen molar-refractivity contribution in [3.05, 3.63) is 21.9 Å². The summed E-state index contributed by atoms with van der Waals surface area (Å²) < 4.78 is 0. The molecule has 5 heteroatoms. The maximum atomic E-state index is 12.2. The first-order chi connectivity index (χ1) is 8.58. The Morgan fingerprint density at radius 1 is 1.44 bits per heavy atom. The number of carbonyl (C=O) groups is 2. The Morgan fingerprint density at radius 2 is 2.22 bits per heavy atom. The second-order valence-corrected chi connectivity index (χ2v) is 6.00. The van der Waals surface area contributed by atoms with Crippen LogP contribution in [-0.4, -0.2) is 34.5 Å². The standard InChI is InChI=1S/C13H17NO3S/c1-9-5-6-10(18-9)8-12(15)14-7-3-2-4-11(14)13(16)17/h5-6,11H,2-4,7-8H2,1H3,(H,16,17)/t11-/m1/s1. The summed E-state index contributed by atoms with van der Waals surface area (Å²) in [6.07, 6.45) is 2.69. The molecular weight excluding hydrogens is 250 g/mol. The number of aliphatic carboxylic acids is 1. The van der Waals surface area contributed by atoms with Gasteiger partial charge in [0.05, 0.1) is 6.42 Å². The second-order valence-electron chi connectivity index (χ2n) is 4.63. The van der Waals surface area contributed by atoms with Gasteiger partial charge in [0.15, 0.2) is 0 Å². The lowest BCUT2D eigenvalue weighted by molar-refractivity contribution is -0.151. The smallest absolute Gasteiger partial charge is 0.326 e. The third-order valence-corrected chi connectivity index (χ3v) is 4.23. The summed E-state index contributed by atoms with van der Waals surface area (Å²) in [7, 11) is 0. The van der Waals surface area contributed by atoms with Gasteiger partial charge in [0.1, 0.15) is 6.04 Å². The van der Waals surface area contributed by atoms with Crippen molar-refractivity contribution >= 4 is 23.2 Å². The van der Waals surface area contributed by atoms with Gasteiger partial charge in [0.25, 0.3) is 0 Å². The van der Waals surface area contributed by atoms with E-state index in [0.29, 0.717) is 19.4 Å². The molecule has 0 bridgehead atoms. The molecule has 0 unspecified atom stereocenters. The van der Waals surface area contributed by atoms with E-state index in [1.807, 2.05) is 19.1 Å². The Labute approximate surface area is 110 Å². The fourth-order valence-corrected chi connectivity index (χ4v) is 3.20. The van der Waals surface area contributed by atoms with Crippen molar-refractivity contribution in [3.8, 4) is 0 Å². The Hall–Kier alpha value is -1.36. The lowest BCUT2D eigenvalue weighted by atomic mass is 10.0. The zero-order valence-electron chi connectivity index (χ0n) is 10.4. The average molecular weight is 267 g/mol. The first kappa shape index (κ1) is 13.1. The minimum atomic E-state index is -0.884. The van der Waals surface area contributed by atoms with E-state index < -0.39 is 12.0 Å². The first-order valence-electron chi connectivity index (χ1n) is 6.15. The first-order valence-corrected chi connectivity index (χ1v) is 6.97. The lowest BCUT2D eigenvalue weighted by Crippen LogP contribution is -2.48. The molecular formula is C13H17NO3S. The highest BCUT2D eigenvalue weighted by Crippen LogP contribution is 2.21. The molecule has 1 amide bonds. The summed E-state index contributed by atoms with van der Waals surface area (Å²) in [4.78, 5) is 27.0. The molecule has 2 heterocycles. The van der Waals surface area contributed by atoms with E-state index in [4.69, 9.17) is 5.11 Å². The normalized spacial score (nSPS) is 19.8. The van der Waals surface area contributed by atoms with Gasteiger partial charge in [-0.3, -0.25) is 4.79 Å². The van der Waals surface area contributed by atoms with Gasteiger partial charge in [0.2, 0.25) is 5.91 Å². The Bertz CT molecular complexity index is 455. The molecule has 0 aliphatic carbocycles. The van der Waals surface area contributed by atoms with Gasteiger partial charge in [-0.05, 0) is 38.3 Å². The maximum absolute atomic E-state index is 12.2. The minimum absolute atomic E-state index is 0.0658. The van der Waals surface area contributed by atoms with Gasteiger partial charge < -0.3 is 10.0 Å². The summed E-state index contributed by atoms with van der Waals surface area (Å²) >= 11 is 1.59. The summed E-state index contributed by atoms with van der Waals surface area (Å²) in [5.74, 6) is -0.950. The van der Waals surface area contributed by atoms with Crippen LogP contribution in [0.4, 0.5) is 0 Å². The molecule has 0 spiro atoms. The predicted octanol–water partition coefficient (Wildman–Crippen LogP) is 2.06. The number of thiophene rings is 1. The second kappa shape index (κ2) is 5.52. The molecule has 98 valence electrons. The molecule has 1 aliphatic rings. The lowest BCUT2D eigenvalue weighted by Gasteiger charge is -2.32. The molecule has 1 N–H and O–H groups in total. The molecule has 1 aliphatic heterocycles. The number of carboxylic acid groups (broad SMARTS) is 1. The van der Waals surface area contributed by atoms with Crippen LogP contribution >= 0.6 is 11.3 Å². The van der Waals surface area contributed by atoms with Crippen LogP contribution in [0.1, 0.15) is 29.0 Å². The third kappa shape index (κ3) is 2.90. The number of amides is 1. The highest BCUT2D eigenvalue weighted by molar-refractivity contribution is 7.12. The average Bonchev–Trinajstić information content (AvgIpc) is 2.74. The quantitative estimate of drug-likeness (QED) is 0.912. The van der Waals surface area contributed by atoms with Gasteiger partial charge in [0, 0.05) is 16.3 Å². The van der Waals surface area contributed by atoms with E-state index in [0.717, 1.165) is 17.7 Å². The van der Waals surface area contributed by atoms with Gasteiger partial charge in [-0.15, -0.1) is 11.3 Å². The molecule has 0 saturated carbocycles. The number of rotatable bonds is 3. The topological polar surface area (TPSA) is 57.6 Å². The van der Waals surface area contributed by atoms with Crippen molar-refractivity contribution in [2.45, 2.75) is 38.6 Å². The van der Waals surface area contributed by atoms with Crippen LogP contribution in [0.2, 0.25) is 0 Å². The van der Waals surface area contributed by atoms with Crippen LogP contribution in [0.15, 0.2) is 12.1 Å². The molecule has 1 atom stereocenters. The molecule has 1 aromatic heterocycles. The molecule has 1 saturated heterocycles. The van der Waals surface area contributed by atoms with E-state index in [-0.39, 0.29) is 5.91 Å². The number of piperidine rings is 1. The van der Waals surface area contributed by atoms with Gasteiger partial charge in [-0.1, -0.05) is 0 Å². The fourth-order valence-electron chi connectivity index (χ4n) is 2.32. The van der Waals surface area contributed by atoms with Gasteiger partial charge in [-0.2, -0.15) is 0 Å². The molecule has 0 radical (unpaired) electrons. The van der Waals surface area contributed by atoms with Crippen molar-refractivity contribution in [2.75, 3.05) is 6.54 Å². The third-order valence-electron chi connectivity index (χ3n) is 3.23. The zero-order valence-corrected chi connectivity index (χ0v) is 11.2. The zero-order chi connectivity index (χ0) is 13.1. The predicted molar refractivity (Wildman–Crippen MR) is 69.7 cm³/mol. The van der Waals surface area contributed by atoms with Crippen LogP contribution in [-0.2, 0) is 16.0 Å².